The molecule has 0 saturated heterocycles. The first-order chi connectivity index (χ1) is 7.45. The van der Waals surface area contributed by atoms with E-state index in [0.29, 0.717) is 19.5 Å². The average molecular weight is 230 g/mol. The largest absolute Gasteiger partial charge is 0.481 e. The van der Waals surface area contributed by atoms with Crippen molar-refractivity contribution in [2.24, 2.45) is 5.92 Å². The second-order valence-electron chi connectivity index (χ2n) is 4.23. The Hall–Kier alpha value is -1.10. The number of carbonyl (C=O) groups is 2. The molecule has 0 aliphatic rings. The van der Waals surface area contributed by atoms with Gasteiger partial charge in [0.25, 0.3) is 0 Å². The molecule has 0 aromatic rings. The first-order valence-electron chi connectivity index (χ1n) is 5.59. The second-order valence-corrected chi connectivity index (χ2v) is 4.23. The maximum atomic E-state index is 11.4. The molecule has 0 aliphatic carbocycles. The average Bonchev–Trinajstić information content (AvgIpc) is 2.20. The Morgan fingerprint density at radius 2 is 2.00 bits per heavy atom. The van der Waals surface area contributed by atoms with Gasteiger partial charge in [0, 0.05) is 25.9 Å². The van der Waals surface area contributed by atoms with Gasteiger partial charge in [-0.2, -0.15) is 0 Å². The van der Waals surface area contributed by atoms with Gasteiger partial charge in [-0.1, -0.05) is 13.3 Å². The molecule has 0 spiro atoms. The maximum absolute atomic E-state index is 11.4. The van der Waals surface area contributed by atoms with Gasteiger partial charge in [0.15, 0.2) is 0 Å². The van der Waals surface area contributed by atoms with Crippen molar-refractivity contribution in [2.45, 2.75) is 26.2 Å². The highest BCUT2D eigenvalue weighted by atomic mass is 16.4. The number of carboxylic acids is 1. The van der Waals surface area contributed by atoms with Crippen LogP contribution in [0.4, 0.5) is 0 Å². The number of hydrogen-bond acceptors (Lipinski definition) is 3. The van der Waals surface area contributed by atoms with Crippen LogP contribution in [0.5, 0.6) is 0 Å². The zero-order valence-corrected chi connectivity index (χ0v) is 10.3. The van der Waals surface area contributed by atoms with E-state index in [1.165, 1.54) is 0 Å². The number of aliphatic carboxylic acids is 1. The summed E-state index contributed by atoms with van der Waals surface area (Å²) in [5.74, 6) is -0.798. The predicted molar refractivity (Wildman–Crippen MR) is 62.2 cm³/mol. The lowest BCUT2D eigenvalue weighted by Gasteiger charge is -2.14. The second kappa shape index (κ2) is 8.10. The molecule has 5 nitrogen and oxygen atoms in total. The van der Waals surface area contributed by atoms with Crippen LogP contribution in [0.2, 0.25) is 0 Å². The number of hydrogen-bond donors (Lipinski definition) is 2. The van der Waals surface area contributed by atoms with Gasteiger partial charge in [-0.25, -0.2) is 0 Å². The minimum absolute atomic E-state index is 0.0162. The van der Waals surface area contributed by atoms with Crippen LogP contribution in [0.15, 0.2) is 0 Å². The van der Waals surface area contributed by atoms with Crippen LogP contribution in [0.3, 0.4) is 0 Å². The molecular formula is C11H22N2O3. The zero-order valence-electron chi connectivity index (χ0n) is 10.3. The van der Waals surface area contributed by atoms with Crippen molar-refractivity contribution in [1.29, 1.82) is 0 Å². The zero-order chi connectivity index (χ0) is 12.6. The van der Waals surface area contributed by atoms with Crippen molar-refractivity contribution in [2.75, 3.05) is 27.2 Å². The van der Waals surface area contributed by atoms with Crippen molar-refractivity contribution < 1.29 is 14.7 Å². The molecule has 0 radical (unpaired) electrons. The van der Waals surface area contributed by atoms with Crippen LogP contribution in [-0.2, 0) is 9.59 Å². The number of carboxylic acid groups (broad SMARTS) is 1. The topological polar surface area (TPSA) is 69.6 Å². The molecule has 1 unspecified atom stereocenters. The van der Waals surface area contributed by atoms with E-state index in [4.69, 9.17) is 5.11 Å². The summed E-state index contributed by atoms with van der Waals surface area (Å²) in [6, 6.07) is 0. The molecule has 1 atom stereocenters. The molecule has 0 aromatic heterocycles. The van der Waals surface area contributed by atoms with E-state index < -0.39 is 5.97 Å². The molecule has 0 rings (SSSR count). The van der Waals surface area contributed by atoms with Gasteiger partial charge in [-0.3, -0.25) is 9.59 Å². The minimum Gasteiger partial charge on any atom is -0.481 e. The maximum Gasteiger partial charge on any atom is 0.303 e. The van der Waals surface area contributed by atoms with E-state index >= 15 is 0 Å². The van der Waals surface area contributed by atoms with Crippen molar-refractivity contribution in [3.8, 4) is 0 Å². The van der Waals surface area contributed by atoms with Crippen LogP contribution in [0, 0.1) is 5.92 Å². The summed E-state index contributed by atoms with van der Waals surface area (Å²) in [4.78, 5) is 23.8. The number of nitrogens with one attached hydrogen (secondary N) is 1. The SMILES string of the molecule is CCC(CNC(=O)CCN(C)C)CC(=O)O. The normalized spacial score (nSPS) is 12.5. The molecule has 0 bridgehead atoms. The number of rotatable bonds is 8. The van der Waals surface area contributed by atoms with Gasteiger partial charge >= 0.3 is 5.97 Å². The summed E-state index contributed by atoms with van der Waals surface area (Å²) in [6.45, 7) is 3.09. The summed E-state index contributed by atoms with van der Waals surface area (Å²) in [6.07, 6.45) is 1.33. The van der Waals surface area contributed by atoms with E-state index in [0.717, 1.165) is 6.42 Å². The Kier molecular flexibility index (Phi) is 7.54. The molecule has 0 heterocycles. The smallest absolute Gasteiger partial charge is 0.303 e. The Balaban J connectivity index is 3.75. The molecule has 5 heteroatoms. The molecule has 2 N–H and O–H groups in total. The van der Waals surface area contributed by atoms with Gasteiger partial charge in [0.1, 0.15) is 0 Å². The van der Waals surface area contributed by atoms with E-state index in [1.807, 2.05) is 25.9 Å². The van der Waals surface area contributed by atoms with Gasteiger partial charge in [-0.15, -0.1) is 0 Å². The van der Waals surface area contributed by atoms with E-state index in [-0.39, 0.29) is 18.2 Å². The van der Waals surface area contributed by atoms with Gasteiger partial charge in [0.05, 0.1) is 0 Å². The molecule has 94 valence electrons. The molecule has 0 fully saturated rings. The molecular weight excluding hydrogens is 208 g/mol. The summed E-state index contributed by atoms with van der Waals surface area (Å²) in [5, 5.41) is 11.4. The highest BCUT2D eigenvalue weighted by Gasteiger charge is 2.12. The van der Waals surface area contributed by atoms with E-state index in [2.05, 4.69) is 5.32 Å². The molecule has 0 saturated carbocycles. The highest BCUT2D eigenvalue weighted by Crippen LogP contribution is 2.06. The standard InChI is InChI=1S/C11H22N2O3/c1-4-9(7-11(15)16)8-12-10(14)5-6-13(2)3/h9H,4-8H2,1-3H3,(H,12,14)(H,15,16). The molecule has 16 heavy (non-hydrogen) atoms. The monoisotopic (exact) mass is 230 g/mol. The van der Waals surface area contributed by atoms with Crippen LogP contribution in [-0.4, -0.2) is 49.1 Å². The first-order valence-corrected chi connectivity index (χ1v) is 5.59. The highest BCUT2D eigenvalue weighted by molar-refractivity contribution is 5.76. The lowest BCUT2D eigenvalue weighted by molar-refractivity contribution is -0.138. The van der Waals surface area contributed by atoms with Gasteiger partial charge in [-0.05, 0) is 20.0 Å². The number of amides is 1. The van der Waals surface area contributed by atoms with Crippen LogP contribution >= 0.6 is 0 Å². The van der Waals surface area contributed by atoms with Crippen molar-refractivity contribution in [3.63, 3.8) is 0 Å². The number of nitrogens with zero attached hydrogens (tertiary/aromatic N) is 1. The minimum atomic E-state index is -0.811. The fourth-order valence-electron chi connectivity index (χ4n) is 1.28. The van der Waals surface area contributed by atoms with Crippen LogP contribution in [0.1, 0.15) is 26.2 Å². The first kappa shape index (κ1) is 14.9. The summed E-state index contributed by atoms with van der Waals surface area (Å²) in [5.41, 5.74) is 0. The van der Waals surface area contributed by atoms with E-state index in [1.54, 1.807) is 0 Å². The Labute approximate surface area is 96.8 Å². The third kappa shape index (κ3) is 8.23. The lowest BCUT2D eigenvalue weighted by Crippen LogP contribution is -2.32. The Bertz CT molecular complexity index is 229. The third-order valence-electron chi connectivity index (χ3n) is 2.41. The summed E-state index contributed by atoms with van der Waals surface area (Å²) in [7, 11) is 3.82. The van der Waals surface area contributed by atoms with Crippen molar-refractivity contribution in [3.05, 3.63) is 0 Å². The lowest BCUT2D eigenvalue weighted by atomic mass is 10.0. The van der Waals surface area contributed by atoms with E-state index in [9.17, 15) is 9.59 Å². The van der Waals surface area contributed by atoms with Crippen molar-refractivity contribution in [1.82, 2.24) is 10.2 Å². The Morgan fingerprint density at radius 3 is 2.44 bits per heavy atom. The number of carbonyl (C=O) groups excluding carboxylic acids is 1. The Morgan fingerprint density at radius 1 is 1.38 bits per heavy atom. The third-order valence-corrected chi connectivity index (χ3v) is 2.41. The van der Waals surface area contributed by atoms with Gasteiger partial charge < -0.3 is 15.3 Å². The quantitative estimate of drug-likeness (QED) is 0.639. The molecule has 1 amide bonds. The van der Waals surface area contributed by atoms with Crippen LogP contribution in [0.25, 0.3) is 0 Å². The predicted octanol–water partition coefficient (Wildman–Crippen LogP) is 0.555. The fraction of sp³-hybridized carbons (Fsp3) is 0.818. The summed E-state index contributed by atoms with van der Waals surface area (Å²) < 4.78 is 0. The van der Waals surface area contributed by atoms with Crippen molar-refractivity contribution >= 4 is 11.9 Å². The molecule has 0 aromatic carbocycles. The molecule has 0 aliphatic heterocycles. The van der Waals surface area contributed by atoms with Gasteiger partial charge in [0.2, 0.25) is 5.91 Å². The summed E-state index contributed by atoms with van der Waals surface area (Å²) >= 11 is 0. The van der Waals surface area contributed by atoms with Crippen LogP contribution < -0.4 is 5.32 Å². The fourth-order valence-corrected chi connectivity index (χ4v) is 1.28.